The number of nitrogen functional groups attached to an aromatic ring is 1. The zero-order valence-electron chi connectivity index (χ0n) is 18.3. The smallest absolute Gasteiger partial charge is 0.350 e. The molecular formula is C22H29FN6O2. The van der Waals surface area contributed by atoms with Crippen LogP contribution in [0.2, 0.25) is 0 Å². The van der Waals surface area contributed by atoms with Crippen molar-refractivity contribution in [2.75, 3.05) is 37.4 Å². The Kier molecular flexibility index (Phi) is 5.52. The molecule has 0 radical (unpaired) electrons. The van der Waals surface area contributed by atoms with E-state index in [-0.39, 0.29) is 17.5 Å². The summed E-state index contributed by atoms with van der Waals surface area (Å²) in [6, 6.07) is 3.61. The van der Waals surface area contributed by atoms with Crippen LogP contribution in [0.3, 0.4) is 0 Å². The van der Waals surface area contributed by atoms with Crippen LogP contribution in [-0.2, 0) is 0 Å². The highest BCUT2D eigenvalue weighted by Gasteiger charge is 2.32. The van der Waals surface area contributed by atoms with Crippen molar-refractivity contribution in [2.45, 2.75) is 51.6 Å². The molecule has 4 rings (SSSR count). The maximum Gasteiger partial charge on any atom is 0.350 e. The molecule has 0 bridgehead atoms. The molecule has 31 heavy (non-hydrogen) atoms. The minimum Gasteiger partial charge on any atom is -0.369 e. The number of nitriles is 1. The molecule has 9 heteroatoms. The Morgan fingerprint density at radius 2 is 2.06 bits per heavy atom. The van der Waals surface area contributed by atoms with E-state index in [0.717, 1.165) is 25.8 Å². The zero-order chi connectivity index (χ0) is 22.4. The monoisotopic (exact) mass is 428 g/mol. The molecule has 0 amide bonds. The van der Waals surface area contributed by atoms with Gasteiger partial charge in [0.15, 0.2) is 0 Å². The van der Waals surface area contributed by atoms with Gasteiger partial charge in [-0.05, 0) is 52.1 Å². The summed E-state index contributed by atoms with van der Waals surface area (Å²) in [5, 5.41) is 9.07. The number of nitrogens with zero attached hydrogens (tertiary/aromatic N) is 5. The summed E-state index contributed by atoms with van der Waals surface area (Å²) >= 11 is 0. The van der Waals surface area contributed by atoms with E-state index in [4.69, 9.17) is 11.1 Å². The van der Waals surface area contributed by atoms with E-state index in [2.05, 4.69) is 11.0 Å². The molecule has 1 saturated carbocycles. The van der Waals surface area contributed by atoms with Gasteiger partial charge in [-0.2, -0.15) is 9.94 Å². The second-order valence-corrected chi connectivity index (χ2v) is 9.04. The first kappa shape index (κ1) is 21.4. The van der Waals surface area contributed by atoms with Gasteiger partial charge in [-0.3, -0.25) is 9.36 Å². The number of halogens is 1. The largest absolute Gasteiger partial charge is 0.369 e. The Bertz CT molecular complexity index is 1180. The SMILES string of the molecule is Cc1c(N2CCC(CN(C)C(C)CC#N)C2)c(F)cc2c(=O)n(N)c(=O)n(C3CC3)c12. The van der Waals surface area contributed by atoms with E-state index in [1.807, 2.05) is 18.9 Å². The van der Waals surface area contributed by atoms with Crippen molar-refractivity contribution in [3.63, 3.8) is 0 Å². The van der Waals surface area contributed by atoms with Crippen LogP contribution in [0.15, 0.2) is 15.7 Å². The van der Waals surface area contributed by atoms with Crippen LogP contribution in [0.1, 0.15) is 44.2 Å². The molecule has 1 aromatic heterocycles. The van der Waals surface area contributed by atoms with Gasteiger partial charge in [0.25, 0.3) is 5.56 Å². The van der Waals surface area contributed by atoms with Crippen LogP contribution >= 0.6 is 0 Å². The van der Waals surface area contributed by atoms with E-state index in [1.54, 1.807) is 11.5 Å². The first-order valence-electron chi connectivity index (χ1n) is 10.8. The first-order valence-corrected chi connectivity index (χ1v) is 10.8. The average molecular weight is 429 g/mol. The fraction of sp³-hybridized carbons (Fsp3) is 0.591. The number of benzene rings is 1. The predicted octanol–water partition coefficient (Wildman–Crippen LogP) is 1.72. The number of aromatic nitrogens is 2. The molecule has 0 spiro atoms. The van der Waals surface area contributed by atoms with Crippen LogP contribution in [0.4, 0.5) is 10.1 Å². The summed E-state index contributed by atoms with van der Waals surface area (Å²) in [5.74, 6) is 5.59. The van der Waals surface area contributed by atoms with Gasteiger partial charge >= 0.3 is 5.69 Å². The Morgan fingerprint density at radius 1 is 1.35 bits per heavy atom. The quantitative estimate of drug-likeness (QED) is 0.703. The summed E-state index contributed by atoms with van der Waals surface area (Å²) < 4.78 is 17.4. The van der Waals surface area contributed by atoms with E-state index < -0.39 is 17.1 Å². The number of hydrogen-bond acceptors (Lipinski definition) is 6. The van der Waals surface area contributed by atoms with E-state index in [0.29, 0.717) is 46.9 Å². The lowest BCUT2D eigenvalue weighted by Crippen LogP contribution is -2.44. The molecule has 2 heterocycles. The molecule has 1 aliphatic carbocycles. The number of anilines is 1. The van der Waals surface area contributed by atoms with Crippen molar-refractivity contribution in [2.24, 2.45) is 5.92 Å². The van der Waals surface area contributed by atoms with Gasteiger partial charge < -0.3 is 15.6 Å². The molecule has 2 aliphatic rings. The van der Waals surface area contributed by atoms with Crippen molar-refractivity contribution in [3.8, 4) is 6.07 Å². The lowest BCUT2D eigenvalue weighted by Gasteiger charge is -2.27. The fourth-order valence-corrected chi connectivity index (χ4v) is 4.78. The number of nitrogens with two attached hydrogens (primary N) is 1. The van der Waals surface area contributed by atoms with Crippen molar-refractivity contribution in [3.05, 3.63) is 38.3 Å². The molecule has 1 saturated heterocycles. The van der Waals surface area contributed by atoms with Gasteiger partial charge in [-0.1, -0.05) is 0 Å². The molecule has 2 aromatic rings. The van der Waals surface area contributed by atoms with Crippen LogP contribution in [0, 0.1) is 30.0 Å². The number of fused-ring (bicyclic) bond motifs is 1. The average Bonchev–Trinajstić information content (AvgIpc) is 3.46. The molecule has 1 aromatic carbocycles. The third-order valence-electron chi connectivity index (χ3n) is 6.76. The molecule has 2 N–H and O–H groups in total. The van der Waals surface area contributed by atoms with Gasteiger partial charge in [-0.25, -0.2) is 9.18 Å². The normalized spacial score (nSPS) is 19.9. The minimum absolute atomic E-state index is 0.00371. The van der Waals surface area contributed by atoms with E-state index in [1.165, 1.54) is 6.07 Å². The van der Waals surface area contributed by atoms with Gasteiger partial charge in [0.2, 0.25) is 0 Å². The molecule has 2 fully saturated rings. The highest BCUT2D eigenvalue weighted by molar-refractivity contribution is 5.87. The third-order valence-corrected chi connectivity index (χ3v) is 6.76. The molecular weight excluding hydrogens is 399 g/mol. The summed E-state index contributed by atoms with van der Waals surface area (Å²) in [6.45, 7) is 6.04. The second kappa shape index (κ2) is 8.00. The summed E-state index contributed by atoms with van der Waals surface area (Å²) in [4.78, 5) is 29.5. The Labute approximate surface area is 180 Å². The summed E-state index contributed by atoms with van der Waals surface area (Å²) in [6.07, 6.45) is 3.08. The molecule has 8 nitrogen and oxygen atoms in total. The summed E-state index contributed by atoms with van der Waals surface area (Å²) in [5.41, 5.74) is 0.360. The number of hydrogen-bond donors (Lipinski definition) is 1. The maximum absolute atomic E-state index is 15.2. The lowest BCUT2D eigenvalue weighted by atomic mass is 10.1. The first-order chi connectivity index (χ1) is 14.7. The zero-order valence-corrected chi connectivity index (χ0v) is 18.3. The molecule has 2 unspecified atom stereocenters. The minimum atomic E-state index is -0.669. The second-order valence-electron chi connectivity index (χ2n) is 9.04. The molecule has 1 aliphatic heterocycles. The number of aryl methyl sites for hydroxylation is 1. The maximum atomic E-state index is 15.2. The lowest BCUT2D eigenvalue weighted by molar-refractivity contribution is 0.227. The van der Waals surface area contributed by atoms with E-state index >= 15 is 4.39 Å². The third kappa shape index (κ3) is 3.69. The topological polar surface area (TPSA) is 100 Å². The molecule has 2 atom stereocenters. The van der Waals surface area contributed by atoms with Gasteiger partial charge in [-0.15, -0.1) is 0 Å². The van der Waals surface area contributed by atoms with Crippen molar-refractivity contribution in [1.82, 2.24) is 14.1 Å². The van der Waals surface area contributed by atoms with Gasteiger partial charge in [0.1, 0.15) is 5.82 Å². The standard InChI is InChI=1S/C22H29FN6O2/c1-13(6-8-24)26(3)11-15-7-9-27(12-15)20-14(2)19-17(10-18(20)23)21(30)29(25)22(31)28(19)16-4-5-16/h10,13,15-16H,4-7,9,11-12,25H2,1-3H3. The predicted molar refractivity (Wildman–Crippen MR) is 118 cm³/mol. The van der Waals surface area contributed by atoms with Crippen LogP contribution < -0.4 is 22.0 Å². The van der Waals surface area contributed by atoms with Crippen molar-refractivity contribution >= 4 is 16.6 Å². The highest BCUT2D eigenvalue weighted by Crippen LogP contribution is 2.39. The van der Waals surface area contributed by atoms with Crippen LogP contribution in [0.5, 0.6) is 0 Å². The number of rotatable bonds is 6. The summed E-state index contributed by atoms with van der Waals surface area (Å²) in [7, 11) is 2.01. The highest BCUT2D eigenvalue weighted by atomic mass is 19.1. The van der Waals surface area contributed by atoms with Crippen molar-refractivity contribution < 1.29 is 4.39 Å². The molecule has 166 valence electrons. The Morgan fingerprint density at radius 3 is 2.71 bits per heavy atom. The van der Waals surface area contributed by atoms with Gasteiger partial charge in [0.05, 0.1) is 29.1 Å². The Hall–Kier alpha value is -2.86. The van der Waals surface area contributed by atoms with Crippen LogP contribution in [0.25, 0.3) is 10.9 Å². The Balaban J connectivity index is 1.70. The van der Waals surface area contributed by atoms with Crippen molar-refractivity contribution in [1.29, 1.82) is 5.26 Å². The van der Waals surface area contributed by atoms with Crippen LogP contribution in [-0.4, -0.2) is 46.9 Å². The fourth-order valence-electron chi connectivity index (χ4n) is 4.78. The van der Waals surface area contributed by atoms with Gasteiger partial charge in [0, 0.05) is 37.3 Å². The van der Waals surface area contributed by atoms with E-state index in [9.17, 15) is 9.59 Å².